The number of rotatable bonds is 7. The van der Waals surface area contributed by atoms with Crippen molar-refractivity contribution in [2.24, 2.45) is 0 Å². The van der Waals surface area contributed by atoms with Crippen LogP contribution in [0.3, 0.4) is 0 Å². The number of hydrogen-bond donors (Lipinski definition) is 2. The van der Waals surface area contributed by atoms with Crippen LogP contribution in [-0.2, 0) is 14.8 Å². The maximum atomic E-state index is 12.8. The van der Waals surface area contributed by atoms with Crippen molar-refractivity contribution < 1.29 is 17.9 Å². The van der Waals surface area contributed by atoms with Crippen molar-refractivity contribution >= 4 is 50.5 Å². The summed E-state index contributed by atoms with van der Waals surface area (Å²) in [5, 5.41) is 3.45. The largest absolute Gasteiger partial charge is 0.479 e. The van der Waals surface area contributed by atoms with Crippen LogP contribution in [0.5, 0.6) is 5.75 Å². The van der Waals surface area contributed by atoms with Gasteiger partial charge in [-0.1, -0.05) is 41.4 Å². The Labute approximate surface area is 197 Å². The number of sulfonamides is 1. The van der Waals surface area contributed by atoms with E-state index in [1.54, 1.807) is 19.1 Å². The number of carbonyl (C=O) groups excluding carboxylic acids is 1. The Balaban J connectivity index is 1.67. The Bertz CT molecular complexity index is 1230. The topological polar surface area (TPSA) is 84.5 Å². The lowest BCUT2D eigenvalue weighted by Crippen LogP contribution is -2.30. The molecule has 0 radical (unpaired) electrons. The molecule has 32 heavy (non-hydrogen) atoms. The molecule has 0 heterocycles. The molecule has 3 aromatic carbocycles. The molecule has 0 saturated carbocycles. The van der Waals surface area contributed by atoms with Crippen molar-refractivity contribution in [3.8, 4) is 5.75 Å². The number of para-hydroxylation sites is 1. The predicted molar refractivity (Wildman–Crippen MR) is 128 cm³/mol. The Kier molecular flexibility index (Phi) is 7.33. The fourth-order valence-corrected chi connectivity index (χ4v) is 4.60. The first-order chi connectivity index (χ1) is 15.1. The summed E-state index contributed by atoms with van der Waals surface area (Å²) in [4.78, 5) is 12.5. The van der Waals surface area contributed by atoms with Gasteiger partial charge in [0.2, 0.25) is 0 Å². The number of hydrogen-bond acceptors (Lipinski definition) is 4. The maximum absolute atomic E-state index is 12.8. The molecular formula is C23H22Cl2N2O4S. The second kappa shape index (κ2) is 9.81. The zero-order valence-electron chi connectivity index (χ0n) is 17.6. The molecule has 0 aliphatic carbocycles. The van der Waals surface area contributed by atoms with E-state index >= 15 is 0 Å². The average Bonchev–Trinajstić information content (AvgIpc) is 2.73. The summed E-state index contributed by atoms with van der Waals surface area (Å²) < 4.78 is 33.8. The molecule has 0 aromatic heterocycles. The average molecular weight is 493 g/mol. The first kappa shape index (κ1) is 23.9. The molecule has 3 rings (SSSR count). The van der Waals surface area contributed by atoms with E-state index in [1.807, 2.05) is 32.0 Å². The van der Waals surface area contributed by atoms with Gasteiger partial charge in [0.15, 0.2) is 6.10 Å². The summed E-state index contributed by atoms with van der Waals surface area (Å²) in [5.74, 6) is -0.0852. The first-order valence-corrected chi connectivity index (χ1v) is 11.9. The minimum Gasteiger partial charge on any atom is -0.479 e. The van der Waals surface area contributed by atoms with Crippen LogP contribution in [0, 0.1) is 13.8 Å². The van der Waals surface area contributed by atoms with Crippen LogP contribution in [0.2, 0.25) is 10.0 Å². The molecule has 2 N–H and O–H groups in total. The van der Waals surface area contributed by atoms with Crippen molar-refractivity contribution in [1.29, 1.82) is 0 Å². The highest BCUT2D eigenvalue weighted by Gasteiger charge is 2.19. The second-order valence-electron chi connectivity index (χ2n) is 7.22. The van der Waals surface area contributed by atoms with Gasteiger partial charge in [0.05, 0.1) is 15.6 Å². The number of carbonyl (C=O) groups is 1. The molecule has 0 aliphatic rings. The summed E-state index contributed by atoms with van der Waals surface area (Å²) in [7, 11) is -3.78. The monoisotopic (exact) mass is 492 g/mol. The third kappa shape index (κ3) is 5.73. The number of anilines is 2. The second-order valence-corrected chi connectivity index (χ2v) is 9.75. The first-order valence-electron chi connectivity index (χ1n) is 9.68. The highest BCUT2D eigenvalue weighted by Crippen LogP contribution is 2.28. The van der Waals surface area contributed by atoms with Crippen LogP contribution < -0.4 is 14.8 Å². The third-order valence-electron chi connectivity index (χ3n) is 4.72. The summed E-state index contributed by atoms with van der Waals surface area (Å²) in [6, 6.07) is 16.1. The van der Waals surface area contributed by atoms with Gasteiger partial charge < -0.3 is 10.1 Å². The van der Waals surface area contributed by atoms with E-state index in [2.05, 4.69) is 10.0 Å². The summed E-state index contributed by atoms with van der Waals surface area (Å²) >= 11 is 11.9. The fourth-order valence-electron chi connectivity index (χ4n) is 2.94. The number of nitrogens with one attached hydrogen (secondary N) is 2. The minimum absolute atomic E-state index is 0.0791. The maximum Gasteiger partial charge on any atom is 0.265 e. The molecule has 0 saturated heterocycles. The molecular weight excluding hydrogens is 471 g/mol. The molecule has 3 aromatic rings. The van der Waals surface area contributed by atoms with Crippen LogP contribution in [0.15, 0.2) is 65.6 Å². The molecule has 1 amide bonds. The van der Waals surface area contributed by atoms with Crippen LogP contribution in [0.1, 0.15) is 18.1 Å². The van der Waals surface area contributed by atoms with Crippen LogP contribution >= 0.6 is 23.2 Å². The van der Waals surface area contributed by atoms with Crippen molar-refractivity contribution in [1.82, 2.24) is 0 Å². The molecule has 6 nitrogen and oxygen atoms in total. The number of amides is 1. The van der Waals surface area contributed by atoms with E-state index in [1.165, 1.54) is 30.3 Å². The molecule has 1 unspecified atom stereocenters. The Morgan fingerprint density at radius 2 is 1.59 bits per heavy atom. The van der Waals surface area contributed by atoms with Gasteiger partial charge in [-0.3, -0.25) is 9.52 Å². The number of benzene rings is 3. The summed E-state index contributed by atoms with van der Waals surface area (Å²) in [5.41, 5.74) is 2.63. The van der Waals surface area contributed by atoms with E-state index in [0.29, 0.717) is 27.2 Å². The molecule has 0 spiro atoms. The van der Waals surface area contributed by atoms with Gasteiger partial charge in [0, 0.05) is 10.7 Å². The van der Waals surface area contributed by atoms with Crippen LogP contribution in [0.4, 0.5) is 11.4 Å². The Morgan fingerprint density at radius 1 is 0.969 bits per heavy atom. The minimum atomic E-state index is -3.78. The molecule has 0 bridgehead atoms. The highest BCUT2D eigenvalue weighted by molar-refractivity contribution is 7.92. The Hall–Kier alpha value is -2.74. The zero-order chi connectivity index (χ0) is 23.5. The zero-order valence-corrected chi connectivity index (χ0v) is 20.0. The van der Waals surface area contributed by atoms with Crippen molar-refractivity contribution in [2.75, 3.05) is 10.0 Å². The molecule has 0 aliphatic heterocycles. The number of aryl methyl sites for hydroxylation is 2. The van der Waals surface area contributed by atoms with E-state index < -0.39 is 22.0 Å². The van der Waals surface area contributed by atoms with Crippen LogP contribution in [-0.4, -0.2) is 20.4 Å². The fraction of sp³-hybridized carbons (Fsp3) is 0.174. The van der Waals surface area contributed by atoms with Gasteiger partial charge in [0.25, 0.3) is 15.9 Å². The van der Waals surface area contributed by atoms with Gasteiger partial charge in [-0.2, -0.15) is 0 Å². The molecule has 1 atom stereocenters. The van der Waals surface area contributed by atoms with Gasteiger partial charge in [-0.05, 0) is 74.4 Å². The van der Waals surface area contributed by atoms with Gasteiger partial charge >= 0.3 is 0 Å². The van der Waals surface area contributed by atoms with Crippen molar-refractivity contribution in [2.45, 2.75) is 31.8 Å². The summed E-state index contributed by atoms with van der Waals surface area (Å²) in [6.45, 7) is 5.25. The number of halogens is 2. The van der Waals surface area contributed by atoms with Gasteiger partial charge in [-0.25, -0.2) is 8.42 Å². The van der Waals surface area contributed by atoms with Crippen molar-refractivity contribution in [3.05, 3.63) is 81.8 Å². The van der Waals surface area contributed by atoms with Crippen molar-refractivity contribution in [3.63, 3.8) is 0 Å². The van der Waals surface area contributed by atoms with E-state index in [4.69, 9.17) is 27.9 Å². The van der Waals surface area contributed by atoms with Crippen LogP contribution in [0.25, 0.3) is 0 Å². The summed E-state index contributed by atoms with van der Waals surface area (Å²) in [6.07, 6.45) is -0.845. The van der Waals surface area contributed by atoms with E-state index in [-0.39, 0.29) is 4.90 Å². The predicted octanol–water partition coefficient (Wildman–Crippen LogP) is 5.82. The molecule has 168 valence electrons. The quantitative estimate of drug-likeness (QED) is 0.435. The SMILES string of the molecule is Cc1cccc(C)c1NS(=O)(=O)c1ccc(NC(=O)C(C)Oc2ccc(Cl)cc2Cl)cc1. The number of ether oxygens (including phenoxy) is 1. The Morgan fingerprint density at radius 3 is 2.19 bits per heavy atom. The lowest BCUT2D eigenvalue weighted by atomic mass is 10.1. The highest BCUT2D eigenvalue weighted by atomic mass is 35.5. The third-order valence-corrected chi connectivity index (χ3v) is 6.61. The van der Waals surface area contributed by atoms with Gasteiger partial charge in [-0.15, -0.1) is 0 Å². The lowest BCUT2D eigenvalue weighted by Gasteiger charge is -2.16. The molecule has 0 fully saturated rings. The standard InChI is InChI=1S/C23H22Cl2N2O4S/c1-14-5-4-6-15(2)22(14)27-32(29,30)19-10-8-18(9-11-19)26-23(28)16(3)31-21-12-7-17(24)13-20(21)25/h4-13,16,27H,1-3H3,(H,26,28). The van der Waals surface area contributed by atoms with E-state index in [9.17, 15) is 13.2 Å². The van der Waals surface area contributed by atoms with E-state index in [0.717, 1.165) is 11.1 Å². The molecule has 9 heteroatoms. The lowest BCUT2D eigenvalue weighted by molar-refractivity contribution is -0.122. The van der Waals surface area contributed by atoms with Gasteiger partial charge in [0.1, 0.15) is 5.75 Å². The smallest absolute Gasteiger partial charge is 0.265 e. The normalized spacial score (nSPS) is 12.2.